The zero-order valence-corrected chi connectivity index (χ0v) is 14.7. The molecule has 3 rings (SSSR count). The highest BCUT2D eigenvalue weighted by molar-refractivity contribution is 7.13. The van der Waals surface area contributed by atoms with Gasteiger partial charge in [0.05, 0.1) is 41.2 Å². The second-order valence-electron chi connectivity index (χ2n) is 5.42. The minimum Gasteiger partial charge on any atom is -0.379 e. The van der Waals surface area contributed by atoms with E-state index in [4.69, 9.17) is 9.47 Å². The number of nitrogens with zero attached hydrogens (tertiary/aromatic N) is 2. The molecule has 1 fully saturated rings. The second-order valence-corrected chi connectivity index (χ2v) is 7.34. The van der Waals surface area contributed by atoms with E-state index in [1.165, 1.54) is 11.3 Å². The lowest BCUT2D eigenvalue weighted by Gasteiger charge is -2.31. The first-order valence-corrected chi connectivity index (χ1v) is 9.20. The number of amides is 1. The molecule has 0 saturated carbocycles. The molecule has 3 heterocycles. The third-order valence-corrected chi connectivity index (χ3v) is 5.37. The van der Waals surface area contributed by atoms with Crippen molar-refractivity contribution in [3.05, 3.63) is 32.2 Å². The molecule has 0 radical (unpaired) electrons. The normalized spacial score (nSPS) is 21.3. The number of hydrogen-bond acceptors (Lipinski definition) is 7. The Morgan fingerprint density at radius 3 is 3.09 bits per heavy atom. The van der Waals surface area contributed by atoms with Crippen LogP contribution in [0.4, 0.5) is 0 Å². The van der Waals surface area contributed by atoms with Crippen LogP contribution in [0.25, 0.3) is 0 Å². The van der Waals surface area contributed by atoms with E-state index in [0.29, 0.717) is 24.7 Å². The van der Waals surface area contributed by atoms with Crippen molar-refractivity contribution in [2.24, 2.45) is 0 Å². The van der Waals surface area contributed by atoms with Gasteiger partial charge >= 0.3 is 0 Å². The van der Waals surface area contributed by atoms with Gasteiger partial charge in [-0.3, -0.25) is 4.79 Å². The van der Waals surface area contributed by atoms with Gasteiger partial charge in [-0.15, -0.1) is 22.7 Å². The van der Waals surface area contributed by atoms with Crippen molar-refractivity contribution < 1.29 is 14.3 Å². The molecule has 2 aromatic rings. The summed E-state index contributed by atoms with van der Waals surface area (Å²) in [6.07, 6.45) is 0.577. The highest BCUT2D eigenvalue weighted by atomic mass is 32.1. The molecule has 2 atom stereocenters. The average molecular weight is 353 g/mol. The van der Waals surface area contributed by atoms with E-state index < -0.39 is 0 Å². The first kappa shape index (κ1) is 16.5. The van der Waals surface area contributed by atoms with Gasteiger partial charge in [0.2, 0.25) is 0 Å². The summed E-state index contributed by atoms with van der Waals surface area (Å²) in [5.74, 6) is -0.0812. The van der Waals surface area contributed by atoms with Crippen molar-refractivity contribution in [1.29, 1.82) is 0 Å². The number of ether oxygens (including phenoxy) is 2. The Kier molecular flexibility index (Phi) is 5.37. The van der Waals surface area contributed by atoms with Gasteiger partial charge in [0.1, 0.15) is 11.0 Å². The largest absolute Gasteiger partial charge is 0.379 e. The van der Waals surface area contributed by atoms with E-state index in [2.05, 4.69) is 15.3 Å². The fourth-order valence-electron chi connectivity index (χ4n) is 2.52. The molecule has 0 aromatic carbocycles. The fourth-order valence-corrected chi connectivity index (χ4v) is 3.88. The molecule has 0 unspecified atom stereocenters. The average Bonchev–Trinajstić information content (AvgIpc) is 3.15. The molecule has 0 bridgehead atoms. The summed E-state index contributed by atoms with van der Waals surface area (Å²) in [6.45, 7) is 5.31. The van der Waals surface area contributed by atoms with Crippen molar-refractivity contribution in [2.75, 3.05) is 13.2 Å². The number of carbonyl (C=O) groups is 1. The summed E-state index contributed by atoms with van der Waals surface area (Å²) in [5, 5.41) is 5.94. The quantitative estimate of drug-likeness (QED) is 0.893. The topological polar surface area (TPSA) is 73.3 Å². The van der Waals surface area contributed by atoms with Gasteiger partial charge in [0, 0.05) is 12.0 Å². The van der Waals surface area contributed by atoms with Crippen molar-refractivity contribution >= 4 is 28.6 Å². The number of hydrogen-bond donors (Lipinski definition) is 1. The molecule has 0 aliphatic carbocycles. The molecule has 6 nitrogen and oxygen atoms in total. The number of carbonyl (C=O) groups excluding carboxylic acids is 1. The van der Waals surface area contributed by atoms with Gasteiger partial charge in [-0.1, -0.05) is 0 Å². The second kappa shape index (κ2) is 7.48. The van der Waals surface area contributed by atoms with Gasteiger partial charge in [-0.25, -0.2) is 9.97 Å². The van der Waals surface area contributed by atoms with Crippen LogP contribution in [-0.2, 0) is 16.1 Å². The molecule has 2 aromatic heterocycles. The minimum absolute atomic E-state index is 0.0586. The van der Waals surface area contributed by atoms with Crippen LogP contribution >= 0.6 is 22.7 Å². The summed E-state index contributed by atoms with van der Waals surface area (Å²) in [7, 11) is 0. The predicted molar refractivity (Wildman–Crippen MR) is 89.0 cm³/mol. The van der Waals surface area contributed by atoms with Gasteiger partial charge in [-0.05, 0) is 20.3 Å². The summed E-state index contributed by atoms with van der Waals surface area (Å²) >= 11 is 2.96. The Bertz CT molecular complexity index is 657. The third-order valence-electron chi connectivity index (χ3n) is 3.66. The lowest BCUT2D eigenvalue weighted by atomic mass is 10.1. The van der Waals surface area contributed by atoms with E-state index in [1.807, 2.05) is 19.2 Å². The minimum atomic E-state index is -0.163. The maximum atomic E-state index is 12.5. The van der Waals surface area contributed by atoms with Crippen molar-refractivity contribution in [1.82, 2.24) is 15.3 Å². The van der Waals surface area contributed by atoms with Crippen molar-refractivity contribution in [3.8, 4) is 0 Å². The molecule has 1 N–H and O–H groups in total. The Labute approximate surface area is 142 Å². The Hall–Kier alpha value is -1.35. The summed E-state index contributed by atoms with van der Waals surface area (Å²) < 4.78 is 11.4. The summed E-state index contributed by atoms with van der Waals surface area (Å²) in [6, 6.07) is -0.0586. The van der Waals surface area contributed by atoms with Gasteiger partial charge < -0.3 is 14.8 Å². The first-order valence-electron chi connectivity index (χ1n) is 7.45. The Morgan fingerprint density at radius 1 is 1.52 bits per heavy atom. The third kappa shape index (κ3) is 4.14. The van der Waals surface area contributed by atoms with E-state index >= 15 is 0 Å². The summed E-state index contributed by atoms with van der Waals surface area (Å²) in [4.78, 5) is 21.7. The lowest BCUT2D eigenvalue weighted by Crippen LogP contribution is -2.49. The molecular weight excluding hydrogens is 334 g/mol. The number of aromatic nitrogens is 2. The number of thiazole rings is 2. The van der Waals surface area contributed by atoms with Gasteiger partial charge in [0.15, 0.2) is 0 Å². The zero-order valence-electron chi connectivity index (χ0n) is 13.1. The molecule has 1 aliphatic heterocycles. The molecule has 8 heteroatoms. The molecule has 124 valence electrons. The van der Waals surface area contributed by atoms with Crippen LogP contribution in [0.2, 0.25) is 0 Å². The molecule has 1 amide bonds. The SMILES string of the molecule is Cc1nc(C)c(C(=O)N[C@H]2CCOC[C@@H]2OCc2cscn2)s1. The molecule has 0 spiro atoms. The van der Waals surface area contributed by atoms with Crippen LogP contribution < -0.4 is 5.32 Å². The number of nitrogens with one attached hydrogen (secondary N) is 1. The monoisotopic (exact) mass is 353 g/mol. The van der Waals surface area contributed by atoms with Crippen LogP contribution in [0.3, 0.4) is 0 Å². The first-order chi connectivity index (χ1) is 11.1. The van der Waals surface area contributed by atoms with Crippen LogP contribution in [0.15, 0.2) is 10.9 Å². The maximum absolute atomic E-state index is 12.5. The Morgan fingerprint density at radius 2 is 2.39 bits per heavy atom. The molecule has 1 aliphatic rings. The highest BCUT2D eigenvalue weighted by Crippen LogP contribution is 2.19. The van der Waals surface area contributed by atoms with Crippen LogP contribution in [0.1, 0.15) is 32.5 Å². The summed E-state index contributed by atoms with van der Waals surface area (Å²) in [5.41, 5.74) is 3.46. The highest BCUT2D eigenvalue weighted by Gasteiger charge is 2.29. The van der Waals surface area contributed by atoms with Crippen LogP contribution in [0, 0.1) is 13.8 Å². The van der Waals surface area contributed by atoms with E-state index in [1.54, 1.807) is 16.8 Å². The standard InChI is InChI=1S/C15H19N3O3S2/c1-9-14(23-10(2)17-9)15(19)18-12-3-4-20-6-13(12)21-5-11-7-22-8-16-11/h7-8,12-13H,3-6H2,1-2H3,(H,18,19)/t12-,13-/m0/s1. The lowest BCUT2D eigenvalue weighted by molar-refractivity contribution is -0.0742. The van der Waals surface area contributed by atoms with Crippen molar-refractivity contribution in [2.45, 2.75) is 39.0 Å². The van der Waals surface area contributed by atoms with Crippen molar-refractivity contribution in [3.63, 3.8) is 0 Å². The fraction of sp³-hybridized carbons (Fsp3) is 0.533. The smallest absolute Gasteiger partial charge is 0.263 e. The molecule has 23 heavy (non-hydrogen) atoms. The van der Waals surface area contributed by atoms with Crippen LogP contribution in [-0.4, -0.2) is 41.2 Å². The van der Waals surface area contributed by atoms with E-state index in [9.17, 15) is 4.79 Å². The van der Waals surface area contributed by atoms with E-state index in [0.717, 1.165) is 22.8 Å². The van der Waals surface area contributed by atoms with Gasteiger partial charge in [-0.2, -0.15) is 0 Å². The molecule has 1 saturated heterocycles. The van der Waals surface area contributed by atoms with Crippen LogP contribution in [0.5, 0.6) is 0 Å². The predicted octanol–water partition coefficient (Wildman–Crippen LogP) is 2.32. The zero-order chi connectivity index (χ0) is 16.2. The number of rotatable bonds is 5. The van der Waals surface area contributed by atoms with Gasteiger partial charge in [0.25, 0.3) is 5.91 Å². The molecular formula is C15H19N3O3S2. The maximum Gasteiger partial charge on any atom is 0.263 e. The Balaban J connectivity index is 1.61. The van der Waals surface area contributed by atoms with E-state index in [-0.39, 0.29) is 18.1 Å². The number of aryl methyl sites for hydroxylation is 2.